The van der Waals surface area contributed by atoms with Gasteiger partial charge in [0.2, 0.25) is 11.8 Å². The molecule has 200 valence electrons. The summed E-state index contributed by atoms with van der Waals surface area (Å²) in [4.78, 5) is 41.9. The van der Waals surface area contributed by atoms with Gasteiger partial charge in [-0.3, -0.25) is 19.0 Å². The molecule has 0 bridgehead atoms. The summed E-state index contributed by atoms with van der Waals surface area (Å²) in [5, 5.41) is 9.13. The minimum Gasteiger partial charge on any atom is -0.434 e. The summed E-state index contributed by atoms with van der Waals surface area (Å²) in [6.07, 6.45) is 4.68. The number of fused-ring (bicyclic) bond motifs is 1. The number of pyridine rings is 1. The van der Waals surface area contributed by atoms with Crippen LogP contribution in [-0.2, 0) is 4.79 Å². The number of halogens is 2. The lowest BCUT2D eigenvalue weighted by Crippen LogP contribution is -2.28. The van der Waals surface area contributed by atoms with Crippen molar-refractivity contribution in [2.24, 2.45) is 5.92 Å². The van der Waals surface area contributed by atoms with Crippen LogP contribution in [-0.4, -0.2) is 31.0 Å². The third-order valence-electron chi connectivity index (χ3n) is 6.21. The summed E-state index contributed by atoms with van der Waals surface area (Å²) in [7, 11) is 0. The Morgan fingerprint density at radius 2 is 1.75 bits per heavy atom. The fraction of sp³-hybridized carbons (Fsp3) is 0.107. The number of nitrogens with one attached hydrogen (secondary N) is 2. The number of carbonyl (C=O) groups excluding carboxylic acids is 2. The molecule has 1 fully saturated rings. The van der Waals surface area contributed by atoms with Crippen molar-refractivity contribution < 1.29 is 23.1 Å². The normalized spacial score (nSPS) is 12.8. The van der Waals surface area contributed by atoms with E-state index in [4.69, 9.17) is 4.74 Å². The predicted octanol–water partition coefficient (Wildman–Crippen LogP) is 4.55. The number of imidazole rings is 1. The van der Waals surface area contributed by atoms with Crippen molar-refractivity contribution in [3.63, 3.8) is 0 Å². The monoisotopic (exact) mass is 542 g/mol. The zero-order valence-electron chi connectivity index (χ0n) is 20.7. The number of ether oxygens (including phenoxy) is 1. The smallest absolute Gasteiger partial charge is 0.267 e. The van der Waals surface area contributed by atoms with Crippen molar-refractivity contribution in [3.05, 3.63) is 107 Å². The molecule has 1 aliphatic carbocycles. The molecule has 0 atom stereocenters. The van der Waals surface area contributed by atoms with E-state index in [1.54, 1.807) is 36.4 Å². The van der Waals surface area contributed by atoms with E-state index < -0.39 is 34.5 Å². The first-order valence-electron chi connectivity index (χ1n) is 12.3. The molecule has 1 saturated carbocycles. The van der Waals surface area contributed by atoms with Crippen LogP contribution < -0.4 is 20.9 Å². The number of rotatable bonds is 7. The van der Waals surface area contributed by atoms with Crippen molar-refractivity contribution in [1.82, 2.24) is 19.2 Å². The zero-order chi connectivity index (χ0) is 27.8. The molecule has 12 heteroatoms. The van der Waals surface area contributed by atoms with Gasteiger partial charge < -0.3 is 15.4 Å². The Kier molecular flexibility index (Phi) is 6.27. The lowest BCUT2D eigenvalue weighted by atomic mass is 10.2. The topological polar surface area (TPSA) is 120 Å². The molecule has 0 saturated heterocycles. The van der Waals surface area contributed by atoms with Gasteiger partial charge in [-0.15, -0.1) is 5.10 Å². The summed E-state index contributed by atoms with van der Waals surface area (Å²) in [5.41, 5.74) is -0.392. The lowest BCUT2D eigenvalue weighted by Gasteiger charge is -2.11. The van der Waals surface area contributed by atoms with E-state index in [9.17, 15) is 23.2 Å². The maximum Gasteiger partial charge on any atom is 0.267 e. The minimum absolute atomic E-state index is 0.00277. The van der Waals surface area contributed by atoms with Crippen molar-refractivity contribution in [1.29, 1.82) is 0 Å². The van der Waals surface area contributed by atoms with Crippen LogP contribution in [0.2, 0.25) is 0 Å². The fourth-order valence-corrected chi connectivity index (χ4v) is 4.02. The maximum atomic E-state index is 14.9. The highest BCUT2D eigenvalue weighted by Gasteiger charge is 2.30. The SMILES string of the molecule is O=C(Nc1cc(F)c(Oc2ccc3nc(NC(=O)C4CC4)cn3n2)cc1F)c1cccn(-c2ccccc2)c1=O. The van der Waals surface area contributed by atoms with Gasteiger partial charge in [-0.2, -0.15) is 0 Å². The average molecular weight is 543 g/mol. The molecule has 0 unspecified atom stereocenters. The van der Waals surface area contributed by atoms with E-state index in [2.05, 4.69) is 20.7 Å². The third-order valence-corrected chi connectivity index (χ3v) is 6.21. The minimum atomic E-state index is -0.988. The average Bonchev–Trinajstić information content (AvgIpc) is 3.72. The number of amides is 2. The molecule has 3 aromatic heterocycles. The Labute approximate surface area is 224 Å². The van der Waals surface area contributed by atoms with Gasteiger partial charge >= 0.3 is 0 Å². The highest BCUT2D eigenvalue weighted by molar-refractivity contribution is 6.04. The quantitative estimate of drug-likeness (QED) is 0.311. The molecule has 2 aromatic carbocycles. The molecule has 1 aliphatic rings. The molecule has 2 N–H and O–H groups in total. The highest BCUT2D eigenvalue weighted by atomic mass is 19.1. The molecule has 0 spiro atoms. The van der Waals surface area contributed by atoms with Crippen molar-refractivity contribution >= 4 is 29.0 Å². The first-order chi connectivity index (χ1) is 19.4. The number of anilines is 2. The van der Waals surface area contributed by atoms with Crippen LogP contribution in [0.4, 0.5) is 20.3 Å². The van der Waals surface area contributed by atoms with Gasteiger partial charge in [0.1, 0.15) is 5.56 Å². The molecule has 2 amide bonds. The molecule has 40 heavy (non-hydrogen) atoms. The largest absolute Gasteiger partial charge is 0.434 e. The Bertz CT molecular complexity index is 1830. The van der Waals surface area contributed by atoms with Crippen LogP contribution in [0.15, 0.2) is 83.9 Å². The summed E-state index contributed by atoms with van der Waals surface area (Å²) < 4.78 is 37.8. The maximum absolute atomic E-state index is 14.9. The summed E-state index contributed by atoms with van der Waals surface area (Å²) in [5.74, 6) is -3.20. The van der Waals surface area contributed by atoms with E-state index in [1.165, 1.54) is 39.7 Å². The first kappa shape index (κ1) is 24.9. The molecule has 0 aliphatic heterocycles. The molecular formula is C28H20F2N6O4. The van der Waals surface area contributed by atoms with Gasteiger partial charge in [-0.1, -0.05) is 18.2 Å². The van der Waals surface area contributed by atoms with E-state index in [1.807, 2.05) is 0 Å². The van der Waals surface area contributed by atoms with Crippen molar-refractivity contribution in [2.45, 2.75) is 12.8 Å². The van der Waals surface area contributed by atoms with Crippen molar-refractivity contribution in [3.8, 4) is 17.3 Å². The van der Waals surface area contributed by atoms with E-state index >= 15 is 0 Å². The molecule has 5 aromatic rings. The van der Waals surface area contributed by atoms with Gasteiger partial charge in [0.25, 0.3) is 11.5 Å². The number of para-hydroxylation sites is 1. The van der Waals surface area contributed by atoms with Crippen LogP contribution in [0.3, 0.4) is 0 Å². The Morgan fingerprint density at radius 1 is 0.950 bits per heavy atom. The third kappa shape index (κ3) is 5.01. The molecule has 6 rings (SSSR count). The van der Waals surface area contributed by atoms with Gasteiger partial charge in [-0.05, 0) is 43.2 Å². The number of nitrogens with zero attached hydrogens (tertiary/aromatic N) is 4. The van der Waals surface area contributed by atoms with Gasteiger partial charge in [0, 0.05) is 36.0 Å². The number of benzene rings is 2. The molecule has 0 radical (unpaired) electrons. The van der Waals surface area contributed by atoms with Crippen LogP contribution in [0.5, 0.6) is 11.6 Å². The number of hydrogen-bond acceptors (Lipinski definition) is 6. The van der Waals surface area contributed by atoms with Crippen LogP contribution in [0.1, 0.15) is 23.2 Å². The van der Waals surface area contributed by atoms with Crippen LogP contribution >= 0.6 is 0 Å². The fourth-order valence-electron chi connectivity index (χ4n) is 4.02. The molecule has 10 nitrogen and oxygen atoms in total. The van der Waals surface area contributed by atoms with E-state index in [-0.39, 0.29) is 23.3 Å². The van der Waals surface area contributed by atoms with Gasteiger partial charge in [-0.25, -0.2) is 18.3 Å². The van der Waals surface area contributed by atoms with E-state index in [0.717, 1.165) is 25.0 Å². The number of aromatic nitrogens is 4. The van der Waals surface area contributed by atoms with E-state index in [0.29, 0.717) is 17.2 Å². The second kappa shape index (κ2) is 10.1. The second-order valence-corrected chi connectivity index (χ2v) is 9.12. The predicted molar refractivity (Wildman–Crippen MR) is 141 cm³/mol. The number of carbonyl (C=O) groups is 2. The van der Waals surface area contributed by atoms with Gasteiger partial charge in [0.15, 0.2) is 28.8 Å². The lowest BCUT2D eigenvalue weighted by molar-refractivity contribution is -0.117. The second-order valence-electron chi connectivity index (χ2n) is 9.12. The highest BCUT2D eigenvalue weighted by Crippen LogP contribution is 2.31. The standard InChI is InChI=1S/C28H20F2N6O4/c29-19-14-22(40-25-11-10-24-32-23(15-36(24)34-25)33-26(37)16-8-9-16)20(30)13-21(19)31-27(38)18-7-4-12-35(28(18)39)17-5-2-1-3-6-17/h1-7,10-16H,8-9H2,(H,31,38)(H,33,37). The van der Waals surface area contributed by atoms with Crippen LogP contribution in [0, 0.1) is 17.6 Å². The summed E-state index contributed by atoms with van der Waals surface area (Å²) in [6, 6.07) is 15.9. The number of hydrogen-bond donors (Lipinski definition) is 2. The molecule has 3 heterocycles. The summed E-state index contributed by atoms with van der Waals surface area (Å²) >= 11 is 0. The Hall–Kier alpha value is -5.39. The zero-order valence-corrected chi connectivity index (χ0v) is 20.7. The first-order valence-corrected chi connectivity index (χ1v) is 12.3. The van der Waals surface area contributed by atoms with Crippen molar-refractivity contribution in [2.75, 3.05) is 10.6 Å². The Balaban J connectivity index is 1.19. The Morgan fingerprint density at radius 3 is 2.52 bits per heavy atom. The summed E-state index contributed by atoms with van der Waals surface area (Å²) in [6.45, 7) is 0. The van der Waals surface area contributed by atoms with Gasteiger partial charge in [0.05, 0.1) is 11.9 Å². The van der Waals surface area contributed by atoms with Crippen LogP contribution in [0.25, 0.3) is 11.3 Å². The molecular weight excluding hydrogens is 522 g/mol.